The second kappa shape index (κ2) is 30.2. The quantitative estimate of drug-likeness (QED) is 0.0623. The van der Waals surface area contributed by atoms with Gasteiger partial charge in [-0.15, -0.1) is 0 Å². The molecule has 0 aliphatic rings. The highest BCUT2D eigenvalue weighted by Crippen LogP contribution is 2.27. The van der Waals surface area contributed by atoms with Gasteiger partial charge in [-0.05, 0) is 26.2 Å². The lowest BCUT2D eigenvalue weighted by Crippen LogP contribution is -2.41. The molecule has 248 valence electrons. The fourth-order valence-electron chi connectivity index (χ4n) is 7.04. The van der Waals surface area contributed by atoms with Gasteiger partial charge >= 0.3 is 0 Å². The third-order valence-corrected chi connectivity index (χ3v) is 9.87. The highest BCUT2D eigenvalue weighted by molar-refractivity contribution is 4.90. The van der Waals surface area contributed by atoms with Crippen LogP contribution >= 0.6 is 0 Å². The second-order valence-electron chi connectivity index (χ2n) is 14.0. The Morgan fingerprint density at radius 2 is 0.786 bits per heavy atom. The molecule has 1 aromatic heterocycles. The van der Waals surface area contributed by atoms with Gasteiger partial charge in [-0.3, -0.25) is 0 Å². The molecule has 2 heteroatoms. The van der Waals surface area contributed by atoms with E-state index in [9.17, 15) is 0 Å². The Bertz CT molecular complexity index is 650. The van der Waals surface area contributed by atoms with Crippen molar-refractivity contribution in [2.45, 2.75) is 239 Å². The van der Waals surface area contributed by atoms with Crippen LogP contribution in [0.4, 0.5) is 0 Å². The largest absolute Gasteiger partial charge is 0.257 e. The molecule has 0 bridgehead atoms. The first-order valence-electron chi connectivity index (χ1n) is 19.8. The number of nitrogens with zero attached hydrogens (tertiary/aromatic N) is 1. The number of imidazole rings is 1. The van der Waals surface area contributed by atoms with E-state index in [4.69, 9.17) is 0 Å². The van der Waals surface area contributed by atoms with Gasteiger partial charge in [0.05, 0.1) is 12.0 Å². The minimum atomic E-state index is 0.613. The third kappa shape index (κ3) is 21.8. The number of hydrogen-bond acceptors (Lipinski definition) is 0. The van der Waals surface area contributed by atoms with Gasteiger partial charge in [0, 0.05) is 0 Å². The van der Waals surface area contributed by atoms with Gasteiger partial charge < -0.3 is 0 Å². The summed E-state index contributed by atoms with van der Waals surface area (Å²) in [4.78, 5) is 3.70. The SMILES string of the molecule is CCCCCCCCCCCCCCCCCCC(CCCCCCCCCCCCC)c1[nH]cc[n+]1C(C)CCC. The van der Waals surface area contributed by atoms with Crippen molar-refractivity contribution in [1.29, 1.82) is 0 Å². The summed E-state index contributed by atoms with van der Waals surface area (Å²) in [6, 6.07) is 0.613. The lowest BCUT2D eigenvalue weighted by Gasteiger charge is -2.17. The predicted octanol–water partition coefficient (Wildman–Crippen LogP) is 14.1. The van der Waals surface area contributed by atoms with Crippen LogP contribution < -0.4 is 4.57 Å². The molecule has 0 aromatic carbocycles. The topological polar surface area (TPSA) is 19.7 Å². The molecule has 2 unspecified atom stereocenters. The van der Waals surface area contributed by atoms with E-state index in [1.807, 2.05) is 0 Å². The molecule has 0 aliphatic heterocycles. The predicted molar refractivity (Wildman–Crippen MR) is 189 cm³/mol. The summed E-state index contributed by atoms with van der Waals surface area (Å²) >= 11 is 0. The Morgan fingerprint density at radius 1 is 0.452 bits per heavy atom. The van der Waals surface area contributed by atoms with E-state index in [0.717, 1.165) is 0 Å². The number of aromatic amines is 1. The molecular weight excluding hydrogens is 508 g/mol. The second-order valence-corrected chi connectivity index (χ2v) is 14.0. The maximum absolute atomic E-state index is 3.70. The zero-order valence-corrected chi connectivity index (χ0v) is 29.7. The van der Waals surface area contributed by atoms with Crippen LogP contribution in [-0.2, 0) is 0 Å². The summed E-state index contributed by atoms with van der Waals surface area (Å²) in [5.41, 5.74) is 0. The molecule has 42 heavy (non-hydrogen) atoms. The van der Waals surface area contributed by atoms with Crippen molar-refractivity contribution in [2.75, 3.05) is 0 Å². The van der Waals surface area contributed by atoms with Crippen molar-refractivity contribution < 1.29 is 4.57 Å². The van der Waals surface area contributed by atoms with Crippen LogP contribution in [0.3, 0.4) is 0 Å². The Labute approximate surface area is 266 Å². The summed E-state index contributed by atoms with van der Waals surface area (Å²) in [7, 11) is 0. The molecule has 0 aliphatic carbocycles. The molecule has 2 atom stereocenters. The van der Waals surface area contributed by atoms with Crippen LogP contribution in [0.5, 0.6) is 0 Å². The van der Waals surface area contributed by atoms with Crippen molar-refractivity contribution in [2.24, 2.45) is 0 Å². The molecule has 0 saturated carbocycles. The summed E-state index contributed by atoms with van der Waals surface area (Å²) in [6.45, 7) is 9.36. The van der Waals surface area contributed by atoms with Gasteiger partial charge in [0.15, 0.2) is 0 Å². The third-order valence-electron chi connectivity index (χ3n) is 9.87. The number of H-pyrrole nitrogens is 1. The number of nitrogens with one attached hydrogen (secondary N) is 1. The molecular formula is C40H79N2+. The van der Waals surface area contributed by atoms with Gasteiger partial charge in [-0.1, -0.05) is 201 Å². The van der Waals surface area contributed by atoms with Crippen molar-refractivity contribution in [3.63, 3.8) is 0 Å². The monoisotopic (exact) mass is 588 g/mol. The number of unbranched alkanes of at least 4 members (excludes halogenated alkanes) is 25. The van der Waals surface area contributed by atoms with Crippen LogP contribution in [0.25, 0.3) is 0 Å². The highest BCUT2D eigenvalue weighted by atomic mass is 15.1. The molecule has 0 saturated heterocycles. The molecule has 1 rings (SSSR count). The summed E-state index contributed by atoms with van der Waals surface area (Å²) in [5, 5.41) is 0. The van der Waals surface area contributed by atoms with Gasteiger partial charge in [0.25, 0.3) is 5.82 Å². The van der Waals surface area contributed by atoms with Crippen LogP contribution in [-0.4, -0.2) is 4.98 Å². The van der Waals surface area contributed by atoms with E-state index in [0.29, 0.717) is 12.0 Å². The molecule has 0 fully saturated rings. The van der Waals surface area contributed by atoms with Gasteiger partial charge in [-0.2, -0.15) is 0 Å². The van der Waals surface area contributed by atoms with Crippen molar-refractivity contribution >= 4 is 0 Å². The van der Waals surface area contributed by atoms with E-state index in [-0.39, 0.29) is 0 Å². The van der Waals surface area contributed by atoms with E-state index in [2.05, 4.69) is 49.6 Å². The molecule has 1 N–H and O–H groups in total. The first kappa shape index (κ1) is 39.2. The highest BCUT2D eigenvalue weighted by Gasteiger charge is 2.25. The van der Waals surface area contributed by atoms with Gasteiger partial charge in [0.2, 0.25) is 0 Å². The molecule has 1 aromatic rings. The molecule has 0 spiro atoms. The Kier molecular flexibility index (Phi) is 28.3. The van der Waals surface area contributed by atoms with Crippen molar-refractivity contribution in [1.82, 2.24) is 4.98 Å². The van der Waals surface area contributed by atoms with E-state index >= 15 is 0 Å². The van der Waals surface area contributed by atoms with Crippen LogP contribution in [0.15, 0.2) is 12.4 Å². The van der Waals surface area contributed by atoms with Crippen LogP contribution in [0.2, 0.25) is 0 Å². The summed E-state index contributed by atoms with van der Waals surface area (Å²) < 4.78 is 2.58. The maximum atomic E-state index is 3.70. The van der Waals surface area contributed by atoms with E-state index < -0.39 is 0 Å². The van der Waals surface area contributed by atoms with E-state index in [1.54, 1.807) is 0 Å². The average molecular weight is 588 g/mol. The van der Waals surface area contributed by atoms with Crippen LogP contribution in [0, 0.1) is 0 Å². The zero-order chi connectivity index (χ0) is 30.4. The van der Waals surface area contributed by atoms with Crippen LogP contribution in [0.1, 0.15) is 245 Å². The Morgan fingerprint density at radius 3 is 1.12 bits per heavy atom. The normalized spacial score (nSPS) is 13.1. The maximum Gasteiger partial charge on any atom is 0.257 e. The molecule has 0 radical (unpaired) electrons. The number of rotatable bonds is 33. The lowest BCUT2D eigenvalue weighted by atomic mass is 9.92. The average Bonchev–Trinajstić information content (AvgIpc) is 3.49. The Balaban J connectivity index is 2.21. The van der Waals surface area contributed by atoms with E-state index in [1.165, 1.54) is 205 Å². The van der Waals surface area contributed by atoms with Crippen molar-refractivity contribution in [3.05, 3.63) is 18.2 Å². The van der Waals surface area contributed by atoms with Crippen molar-refractivity contribution in [3.8, 4) is 0 Å². The molecule has 0 amide bonds. The Hall–Kier alpha value is -0.790. The summed E-state index contributed by atoms with van der Waals surface area (Å²) in [6.07, 6.45) is 48.8. The number of hydrogen-bond donors (Lipinski definition) is 1. The standard InChI is InChI=1S/C40H78N2/c1-5-8-10-12-14-16-18-19-20-21-22-24-26-28-30-32-35-39(40-41-36-37-42(40)38(4)33-7-3)34-31-29-27-25-23-17-15-13-11-9-6-2/h36-39H,5-35H2,1-4H3/p+1. The summed E-state index contributed by atoms with van der Waals surface area (Å²) in [5.74, 6) is 2.23. The first-order valence-corrected chi connectivity index (χ1v) is 19.8. The smallest absolute Gasteiger partial charge is 0.247 e. The van der Waals surface area contributed by atoms with Gasteiger partial charge in [0.1, 0.15) is 12.4 Å². The van der Waals surface area contributed by atoms with Gasteiger partial charge in [-0.25, -0.2) is 9.55 Å². The fraction of sp³-hybridized carbons (Fsp3) is 0.925. The minimum absolute atomic E-state index is 0.613. The lowest BCUT2D eigenvalue weighted by molar-refractivity contribution is -0.727. The molecule has 1 heterocycles. The fourth-order valence-corrected chi connectivity index (χ4v) is 7.04. The number of aromatic nitrogens is 2. The first-order chi connectivity index (χ1) is 20.7. The zero-order valence-electron chi connectivity index (χ0n) is 29.7. The molecule has 2 nitrogen and oxygen atoms in total. The minimum Gasteiger partial charge on any atom is -0.247 e.